The Hall–Kier alpha value is -0.530. The third-order valence-electron chi connectivity index (χ3n) is 2.58. The van der Waals surface area contributed by atoms with E-state index in [1.165, 1.54) is 25.7 Å². The molecule has 1 saturated heterocycles. The van der Waals surface area contributed by atoms with E-state index in [9.17, 15) is 4.79 Å². The average Bonchev–Trinajstić information content (AvgIpc) is 2.09. The summed E-state index contributed by atoms with van der Waals surface area (Å²) in [6.07, 6.45) is 8.77. The Bertz CT molecular complexity index is 152. The fourth-order valence-electron chi connectivity index (χ4n) is 1.76. The van der Waals surface area contributed by atoms with Crippen molar-refractivity contribution in [1.29, 1.82) is 0 Å². The van der Waals surface area contributed by atoms with Crippen molar-refractivity contribution in [3.63, 3.8) is 0 Å². The topological polar surface area (TPSA) is 26.3 Å². The van der Waals surface area contributed by atoms with Crippen molar-refractivity contribution in [2.24, 2.45) is 0 Å². The zero-order chi connectivity index (χ0) is 9.52. The summed E-state index contributed by atoms with van der Waals surface area (Å²) < 4.78 is 5.35. The van der Waals surface area contributed by atoms with E-state index < -0.39 is 0 Å². The Kier molecular flexibility index (Phi) is 4.87. The van der Waals surface area contributed by atoms with Gasteiger partial charge in [-0.3, -0.25) is 4.79 Å². The summed E-state index contributed by atoms with van der Waals surface area (Å²) >= 11 is 0. The second kappa shape index (κ2) is 6.01. The second-order valence-corrected chi connectivity index (χ2v) is 3.85. The predicted molar refractivity (Wildman–Crippen MR) is 52.5 cm³/mol. The average molecular weight is 184 g/mol. The number of ether oxygens (including phenoxy) is 1. The molecule has 1 aliphatic rings. The monoisotopic (exact) mass is 184 g/mol. The molecule has 0 amide bonds. The van der Waals surface area contributed by atoms with Crippen LogP contribution >= 0.6 is 0 Å². The van der Waals surface area contributed by atoms with Gasteiger partial charge in [0, 0.05) is 6.42 Å². The standard InChI is InChI=1S/C11H20O2/c1-2-3-7-10-8-5-4-6-9-11(12)13-10/h10H,2-9H2,1H3. The number of unbranched alkanes of at least 4 members (excludes halogenated alkanes) is 1. The summed E-state index contributed by atoms with van der Waals surface area (Å²) in [4.78, 5) is 11.2. The summed E-state index contributed by atoms with van der Waals surface area (Å²) in [6.45, 7) is 2.17. The van der Waals surface area contributed by atoms with Crippen LogP contribution in [0.3, 0.4) is 0 Å². The highest BCUT2D eigenvalue weighted by Crippen LogP contribution is 2.18. The van der Waals surface area contributed by atoms with Crippen LogP contribution in [0.1, 0.15) is 58.3 Å². The molecule has 13 heavy (non-hydrogen) atoms. The second-order valence-electron chi connectivity index (χ2n) is 3.85. The third kappa shape index (κ3) is 4.30. The number of rotatable bonds is 3. The van der Waals surface area contributed by atoms with E-state index in [0.29, 0.717) is 6.42 Å². The maximum absolute atomic E-state index is 11.2. The van der Waals surface area contributed by atoms with E-state index in [4.69, 9.17) is 4.74 Å². The van der Waals surface area contributed by atoms with Gasteiger partial charge in [-0.1, -0.05) is 26.2 Å². The molecule has 0 bridgehead atoms. The van der Waals surface area contributed by atoms with Crippen LogP contribution in [0.15, 0.2) is 0 Å². The minimum Gasteiger partial charge on any atom is -0.462 e. The molecular weight excluding hydrogens is 164 g/mol. The van der Waals surface area contributed by atoms with Crippen molar-refractivity contribution in [2.75, 3.05) is 0 Å². The Morgan fingerprint density at radius 2 is 2.23 bits per heavy atom. The molecule has 0 aromatic heterocycles. The van der Waals surface area contributed by atoms with Crippen molar-refractivity contribution in [2.45, 2.75) is 64.4 Å². The number of cyclic esters (lactones) is 1. The molecule has 0 aromatic carbocycles. The zero-order valence-corrected chi connectivity index (χ0v) is 8.55. The molecule has 0 saturated carbocycles. The number of carbonyl (C=O) groups is 1. The Morgan fingerprint density at radius 3 is 3.00 bits per heavy atom. The van der Waals surface area contributed by atoms with E-state index >= 15 is 0 Å². The fourth-order valence-corrected chi connectivity index (χ4v) is 1.76. The molecule has 1 rings (SSSR count). The maximum Gasteiger partial charge on any atom is 0.306 e. The number of carbonyl (C=O) groups excluding carboxylic acids is 1. The fraction of sp³-hybridized carbons (Fsp3) is 0.909. The van der Waals surface area contributed by atoms with Gasteiger partial charge in [0.15, 0.2) is 0 Å². The van der Waals surface area contributed by atoms with E-state index in [-0.39, 0.29) is 12.1 Å². The van der Waals surface area contributed by atoms with Crippen molar-refractivity contribution < 1.29 is 9.53 Å². The van der Waals surface area contributed by atoms with Gasteiger partial charge < -0.3 is 4.74 Å². The summed E-state index contributed by atoms with van der Waals surface area (Å²) in [7, 11) is 0. The van der Waals surface area contributed by atoms with E-state index in [0.717, 1.165) is 19.3 Å². The maximum atomic E-state index is 11.2. The van der Waals surface area contributed by atoms with Gasteiger partial charge in [-0.2, -0.15) is 0 Å². The minimum atomic E-state index is 0.0146. The van der Waals surface area contributed by atoms with Gasteiger partial charge in [0.25, 0.3) is 0 Å². The van der Waals surface area contributed by atoms with E-state index in [1.807, 2.05) is 0 Å². The summed E-state index contributed by atoms with van der Waals surface area (Å²) in [5, 5.41) is 0. The summed E-state index contributed by atoms with van der Waals surface area (Å²) in [6, 6.07) is 0. The van der Waals surface area contributed by atoms with Crippen LogP contribution in [0.4, 0.5) is 0 Å². The van der Waals surface area contributed by atoms with Gasteiger partial charge >= 0.3 is 5.97 Å². The molecular formula is C11H20O2. The van der Waals surface area contributed by atoms with Gasteiger partial charge in [-0.15, -0.1) is 0 Å². The van der Waals surface area contributed by atoms with Crippen LogP contribution in [0.2, 0.25) is 0 Å². The molecule has 1 heterocycles. The number of esters is 1. The van der Waals surface area contributed by atoms with Gasteiger partial charge in [0.05, 0.1) is 0 Å². The largest absolute Gasteiger partial charge is 0.462 e. The molecule has 0 N–H and O–H groups in total. The first-order valence-electron chi connectivity index (χ1n) is 5.52. The highest BCUT2D eigenvalue weighted by atomic mass is 16.5. The first-order chi connectivity index (χ1) is 6.33. The van der Waals surface area contributed by atoms with Crippen molar-refractivity contribution in [1.82, 2.24) is 0 Å². The van der Waals surface area contributed by atoms with Gasteiger partial charge in [0.1, 0.15) is 6.10 Å². The highest BCUT2D eigenvalue weighted by molar-refractivity contribution is 5.69. The number of hydrogen-bond donors (Lipinski definition) is 0. The van der Waals surface area contributed by atoms with Crippen LogP contribution in [0.5, 0.6) is 0 Å². The first-order valence-corrected chi connectivity index (χ1v) is 5.52. The lowest BCUT2D eigenvalue weighted by Gasteiger charge is -2.19. The van der Waals surface area contributed by atoms with E-state index in [2.05, 4.69) is 6.92 Å². The van der Waals surface area contributed by atoms with Gasteiger partial charge in [-0.25, -0.2) is 0 Å². The van der Waals surface area contributed by atoms with Crippen molar-refractivity contribution >= 4 is 5.97 Å². The molecule has 1 fully saturated rings. The molecule has 76 valence electrons. The van der Waals surface area contributed by atoms with Crippen LogP contribution in [0, 0.1) is 0 Å². The Morgan fingerprint density at radius 1 is 1.38 bits per heavy atom. The minimum absolute atomic E-state index is 0.0146. The molecule has 2 heteroatoms. The Balaban J connectivity index is 2.28. The summed E-state index contributed by atoms with van der Waals surface area (Å²) in [5.41, 5.74) is 0. The third-order valence-corrected chi connectivity index (χ3v) is 2.58. The molecule has 1 aliphatic heterocycles. The Labute approximate surface area is 80.7 Å². The first kappa shape index (κ1) is 10.6. The van der Waals surface area contributed by atoms with Crippen molar-refractivity contribution in [3.05, 3.63) is 0 Å². The number of hydrogen-bond acceptors (Lipinski definition) is 2. The SMILES string of the molecule is CCCCC1CCCCCC(=O)O1. The molecule has 1 atom stereocenters. The van der Waals surface area contributed by atoms with E-state index in [1.54, 1.807) is 0 Å². The molecule has 2 nitrogen and oxygen atoms in total. The lowest BCUT2D eigenvalue weighted by molar-refractivity contribution is -0.150. The van der Waals surface area contributed by atoms with Crippen LogP contribution in [0.25, 0.3) is 0 Å². The molecule has 1 unspecified atom stereocenters. The van der Waals surface area contributed by atoms with Crippen molar-refractivity contribution in [3.8, 4) is 0 Å². The molecule has 0 spiro atoms. The highest BCUT2D eigenvalue weighted by Gasteiger charge is 2.16. The predicted octanol–water partition coefficient (Wildman–Crippen LogP) is 3.05. The molecule has 0 radical (unpaired) electrons. The molecule has 0 aromatic rings. The van der Waals surface area contributed by atoms with Crippen LogP contribution in [-0.2, 0) is 9.53 Å². The quantitative estimate of drug-likeness (QED) is 0.630. The molecule has 0 aliphatic carbocycles. The summed E-state index contributed by atoms with van der Waals surface area (Å²) in [5.74, 6) is 0.0146. The smallest absolute Gasteiger partial charge is 0.306 e. The van der Waals surface area contributed by atoms with Gasteiger partial charge in [0.2, 0.25) is 0 Å². The van der Waals surface area contributed by atoms with Gasteiger partial charge in [-0.05, 0) is 25.7 Å². The lowest BCUT2D eigenvalue weighted by atomic mass is 10.0. The van der Waals surface area contributed by atoms with Crippen LogP contribution in [-0.4, -0.2) is 12.1 Å². The zero-order valence-electron chi connectivity index (χ0n) is 8.55. The lowest BCUT2D eigenvalue weighted by Crippen LogP contribution is -2.20. The normalized spacial score (nSPS) is 24.7. The van der Waals surface area contributed by atoms with Crippen LogP contribution < -0.4 is 0 Å².